The molecule has 0 amide bonds. The van der Waals surface area contributed by atoms with Crippen molar-refractivity contribution in [3.8, 4) is 0 Å². The van der Waals surface area contributed by atoms with Crippen molar-refractivity contribution in [2.75, 3.05) is 13.1 Å². The van der Waals surface area contributed by atoms with Gasteiger partial charge in [0.25, 0.3) is 0 Å². The molecule has 1 atom stereocenters. The Morgan fingerprint density at radius 3 is 2.67 bits per heavy atom. The molecule has 1 unspecified atom stereocenters. The molecule has 1 N–H and O–H groups in total. The molecule has 0 radical (unpaired) electrons. The summed E-state index contributed by atoms with van der Waals surface area (Å²) in [6.45, 7) is 3.78. The van der Waals surface area contributed by atoms with Gasteiger partial charge in [-0.05, 0) is 48.4 Å². The number of benzene rings is 2. The van der Waals surface area contributed by atoms with E-state index in [4.69, 9.17) is 11.6 Å². The summed E-state index contributed by atoms with van der Waals surface area (Å²) in [4.78, 5) is 0. The third-order valence-electron chi connectivity index (χ3n) is 3.39. The standard InChI is InChI=1S/C17H18BrClFN/c1-2-21-11-13(16-5-3-4-6-17(16)19)7-12-8-14(18)10-15(20)9-12/h3-6,8-10,13,21H,2,7,11H2,1H3. The Morgan fingerprint density at radius 2 is 2.00 bits per heavy atom. The van der Waals surface area contributed by atoms with E-state index in [1.165, 1.54) is 6.07 Å². The number of halogens is 3. The molecule has 0 aliphatic carbocycles. The third-order valence-corrected chi connectivity index (χ3v) is 4.19. The highest BCUT2D eigenvalue weighted by Crippen LogP contribution is 2.28. The maximum absolute atomic E-state index is 13.5. The first-order valence-corrected chi connectivity index (χ1v) is 8.17. The largest absolute Gasteiger partial charge is 0.316 e. The average Bonchev–Trinajstić information content (AvgIpc) is 2.43. The van der Waals surface area contributed by atoms with Gasteiger partial charge in [-0.3, -0.25) is 0 Å². The lowest BCUT2D eigenvalue weighted by atomic mass is 9.91. The summed E-state index contributed by atoms with van der Waals surface area (Å²) in [7, 11) is 0. The first kappa shape index (κ1) is 16.5. The molecule has 0 fully saturated rings. The van der Waals surface area contributed by atoms with E-state index in [0.717, 1.165) is 40.1 Å². The van der Waals surface area contributed by atoms with Gasteiger partial charge in [0.2, 0.25) is 0 Å². The van der Waals surface area contributed by atoms with Crippen LogP contribution in [-0.4, -0.2) is 13.1 Å². The maximum atomic E-state index is 13.5. The summed E-state index contributed by atoms with van der Waals surface area (Å²) in [5.41, 5.74) is 2.06. The molecule has 2 rings (SSSR count). The minimum atomic E-state index is -0.222. The van der Waals surface area contributed by atoms with Crippen molar-refractivity contribution in [1.82, 2.24) is 5.32 Å². The zero-order valence-corrected chi connectivity index (χ0v) is 14.2. The molecule has 112 valence electrons. The molecule has 0 spiro atoms. The van der Waals surface area contributed by atoms with Crippen LogP contribution in [0.3, 0.4) is 0 Å². The van der Waals surface area contributed by atoms with Crippen LogP contribution in [0.4, 0.5) is 4.39 Å². The molecule has 0 aromatic heterocycles. The fourth-order valence-corrected chi connectivity index (χ4v) is 3.23. The SMILES string of the molecule is CCNCC(Cc1cc(F)cc(Br)c1)c1ccccc1Cl. The van der Waals surface area contributed by atoms with Gasteiger partial charge in [-0.15, -0.1) is 0 Å². The second-order valence-corrected chi connectivity index (χ2v) is 6.33. The lowest BCUT2D eigenvalue weighted by molar-refractivity contribution is 0.588. The normalized spacial score (nSPS) is 12.4. The van der Waals surface area contributed by atoms with Crippen molar-refractivity contribution in [1.29, 1.82) is 0 Å². The van der Waals surface area contributed by atoms with E-state index < -0.39 is 0 Å². The topological polar surface area (TPSA) is 12.0 Å². The Kier molecular flexibility index (Phi) is 6.22. The van der Waals surface area contributed by atoms with E-state index in [1.807, 2.05) is 30.3 Å². The first-order chi connectivity index (χ1) is 10.1. The number of nitrogens with one attached hydrogen (secondary N) is 1. The molecule has 0 heterocycles. The minimum Gasteiger partial charge on any atom is -0.316 e. The van der Waals surface area contributed by atoms with Crippen molar-refractivity contribution in [2.24, 2.45) is 0 Å². The van der Waals surface area contributed by atoms with Gasteiger partial charge in [-0.2, -0.15) is 0 Å². The van der Waals surface area contributed by atoms with Crippen molar-refractivity contribution in [2.45, 2.75) is 19.3 Å². The molecule has 0 saturated heterocycles. The third kappa shape index (κ3) is 4.80. The van der Waals surface area contributed by atoms with Crippen molar-refractivity contribution < 1.29 is 4.39 Å². The predicted molar refractivity (Wildman–Crippen MR) is 90.5 cm³/mol. The second-order valence-electron chi connectivity index (χ2n) is 5.01. The van der Waals surface area contributed by atoms with Crippen LogP contribution in [0.1, 0.15) is 24.0 Å². The summed E-state index contributed by atoms with van der Waals surface area (Å²) in [6.07, 6.45) is 0.743. The van der Waals surface area contributed by atoms with Gasteiger partial charge < -0.3 is 5.32 Å². The Bertz CT molecular complexity index is 583. The fraction of sp³-hybridized carbons (Fsp3) is 0.294. The molecule has 0 aliphatic rings. The quantitative estimate of drug-likeness (QED) is 0.739. The van der Waals surface area contributed by atoms with Crippen molar-refractivity contribution >= 4 is 27.5 Å². The second kappa shape index (κ2) is 7.92. The molecular formula is C17H18BrClFN. The summed E-state index contributed by atoms with van der Waals surface area (Å²) >= 11 is 9.66. The van der Waals surface area contributed by atoms with Crippen LogP contribution < -0.4 is 5.32 Å². The Morgan fingerprint density at radius 1 is 1.24 bits per heavy atom. The van der Waals surface area contributed by atoms with Gasteiger partial charge in [-0.1, -0.05) is 52.7 Å². The van der Waals surface area contributed by atoms with E-state index >= 15 is 0 Å². The van der Waals surface area contributed by atoms with E-state index in [-0.39, 0.29) is 11.7 Å². The number of hydrogen-bond donors (Lipinski definition) is 1. The lowest BCUT2D eigenvalue weighted by Gasteiger charge is -2.19. The van der Waals surface area contributed by atoms with Crippen LogP contribution in [0.2, 0.25) is 5.02 Å². The summed E-state index contributed by atoms with van der Waals surface area (Å²) in [5.74, 6) is -0.00640. The van der Waals surface area contributed by atoms with Crippen LogP contribution in [-0.2, 0) is 6.42 Å². The van der Waals surface area contributed by atoms with E-state index in [2.05, 4.69) is 28.2 Å². The Balaban J connectivity index is 2.26. The molecule has 2 aromatic carbocycles. The van der Waals surface area contributed by atoms with Crippen LogP contribution in [0.5, 0.6) is 0 Å². The molecular weight excluding hydrogens is 353 g/mol. The van der Waals surface area contributed by atoms with Gasteiger partial charge >= 0.3 is 0 Å². The monoisotopic (exact) mass is 369 g/mol. The van der Waals surface area contributed by atoms with Gasteiger partial charge in [0.15, 0.2) is 0 Å². The van der Waals surface area contributed by atoms with Crippen LogP contribution in [0.15, 0.2) is 46.9 Å². The highest BCUT2D eigenvalue weighted by atomic mass is 79.9. The molecule has 1 nitrogen and oxygen atoms in total. The predicted octanol–water partition coefficient (Wildman–Crippen LogP) is 5.18. The molecule has 0 bridgehead atoms. The van der Waals surface area contributed by atoms with Crippen molar-refractivity contribution in [3.63, 3.8) is 0 Å². The van der Waals surface area contributed by atoms with E-state index in [0.29, 0.717) is 0 Å². The van der Waals surface area contributed by atoms with Crippen LogP contribution >= 0.6 is 27.5 Å². The molecule has 4 heteroatoms. The minimum absolute atomic E-state index is 0.215. The zero-order valence-electron chi connectivity index (χ0n) is 11.9. The highest BCUT2D eigenvalue weighted by Gasteiger charge is 2.15. The fourth-order valence-electron chi connectivity index (χ4n) is 2.43. The van der Waals surface area contributed by atoms with Gasteiger partial charge in [-0.25, -0.2) is 4.39 Å². The number of rotatable bonds is 6. The average molecular weight is 371 g/mol. The number of likely N-dealkylation sites (N-methyl/N-ethyl adjacent to an activating group) is 1. The van der Waals surface area contributed by atoms with Gasteiger partial charge in [0, 0.05) is 22.0 Å². The lowest BCUT2D eigenvalue weighted by Crippen LogP contribution is -2.23. The first-order valence-electron chi connectivity index (χ1n) is 7.00. The zero-order chi connectivity index (χ0) is 15.2. The Labute approximate surface area is 138 Å². The summed E-state index contributed by atoms with van der Waals surface area (Å²) in [5, 5.41) is 4.12. The molecule has 0 saturated carbocycles. The Hall–Kier alpha value is -0.900. The van der Waals surface area contributed by atoms with Crippen molar-refractivity contribution in [3.05, 3.63) is 68.9 Å². The van der Waals surface area contributed by atoms with Gasteiger partial charge in [0.1, 0.15) is 5.82 Å². The highest BCUT2D eigenvalue weighted by molar-refractivity contribution is 9.10. The summed E-state index contributed by atoms with van der Waals surface area (Å²) in [6, 6.07) is 12.9. The molecule has 2 aromatic rings. The van der Waals surface area contributed by atoms with Crippen LogP contribution in [0, 0.1) is 5.82 Å². The van der Waals surface area contributed by atoms with E-state index in [1.54, 1.807) is 6.07 Å². The summed E-state index contributed by atoms with van der Waals surface area (Å²) < 4.78 is 14.3. The van der Waals surface area contributed by atoms with E-state index in [9.17, 15) is 4.39 Å². The van der Waals surface area contributed by atoms with Crippen LogP contribution in [0.25, 0.3) is 0 Å². The molecule has 0 aliphatic heterocycles. The number of hydrogen-bond acceptors (Lipinski definition) is 1. The maximum Gasteiger partial charge on any atom is 0.124 e. The molecule has 21 heavy (non-hydrogen) atoms. The van der Waals surface area contributed by atoms with Gasteiger partial charge in [0.05, 0.1) is 0 Å². The smallest absolute Gasteiger partial charge is 0.124 e.